The lowest BCUT2D eigenvalue weighted by atomic mass is 10.1. The van der Waals surface area contributed by atoms with E-state index in [2.05, 4.69) is 5.32 Å². The van der Waals surface area contributed by atoms with Crippen LogP contribution in [0.5, 0.6) is 0 Å². The quantitative estimate of drug-likeness (QED) is 0.644. The molecule has 0 atom stereocenters. The molecule has 0 unspecified atom stereocenters. The van der Waals surface area contributed by atoms with Gasteiger partial charge in [0.25, 0.3) is 0 Å². The van der Waals surface area contributed by atoms with Crippen LogP contribution in [0, 0.1) is 0 Å². The number of hydrogen-bond acceptors (Lipinski definition) is 5. The summed E-state index contributed by atoms with van der Waals surface area (Å²) in [4.78, 5) is 24.3. The second kappa shape index (κ2) is 7.90. The van der Waals surface area contributed by atoms with Gasteiger partial charge in [-0.05, 0) is 45.1 Å². The predicted octanol–water partition coefficient (Wildman–Crippen LogP) is 4.57. The second-order valence-corrected chi connectivity index (χ2v) is 6.59. The zero-order valence-electron chi connectivity index (χ0n) is 14.2. The van der Waals surface area contributed by atoms with E-state index in [-0.39, 0.29) is 16.3 Å². The maximum absolute atomic E-state index is 12.4. The number of para-hydroxylation sites is 1. The maximum Gasteiger partial charge on any atom is 0.412 e. The fraction of sp³-hybridized carbons (Fsp3) is 0.211. The third-order valence-electron chi connectivity index (χ3n) is 2.98. The first-order valence-corrected chi connectivity index (χ1v) is 8.08. The summed E-state index contributed by atoms with van der Waals surface area (Å²) in [5, 5.41) is 2.62. The Morgan fingerprint density at radius 1 is 0.960 bits per heavy atom. The highest BCUT2D eigenvalue weighted by Gasteiger charge is 2.20. The monoisotopic (exact) mass is 357 g/mol. The van der Waals surface area contributed by atoms with Crippen molar-refractivity contribution in [3.8, 4) is 0 Å². The van der Waals surface area contributed by atoms with Gasteiger partial charge >= 0.3 is 12.1 Å². The van der Waals surface area contributed by atoms with E-state index in [9.17, 15) is 9.59 Å². The molecule has 0 bridgehead atoms. The van der Waals surface area contributed by atoms with E-state index < -0.39 is 17.7 Å². The van der Waals surface area contributed by atoms with Crippen molar-refractivity contribution in [2.24, 2.45) is 0 Å². The predicted molar refractivity (Wildman–Crippen MR) is 99.9 cm³/mol. The van der Waals surface area contributed by atoms with Crippen LogP contribution in [0.3, 0.4) is 0 Å². The van der Waals surface area contributed by atoms with Gasteiger partial charge in [-0.2, -0.15) is 0 Å². The smallest absolute Gasteiger partial charge is 0.412 e. The van der Waals surface area contributed by atoms with E-state index in [0.29, 0.717) is 5.56 Å². The number of rotatable bonds is 3. The first kappa shape index (κ1) is 18.6. The van der Waals surface area contributed by atoms with E-state index in [1.54, 1.807) is 69.3 Å². The first-order chi connectivity index (χ1) is 11.8. The molecule has 6 heteroatoms. The molecule has 0 radical (unpaired) electrons. The van der Waals surface area contributed by atoms with Crippen molar-refractivity contribution in [1.82, 2.24) is 0 Å². The molecule has 130 valence electrons. The summed E-state index contributed by atoms with van der Waals surface area (Å²) in [5.41, 5.74) is 0.460. The topological polar surface area (TPSA) is 64.6 Å². The molecule has 0 fully saturated rings. The first-order valence-electron chi connectivity index (χ1n) is 7.67. The molecule has 5 nitrogen and oxygen atoms in total. The summed E-state index contributed by atoms with van der Waals surface area (Å²) < 4.78 is 10.4. The molecule has 0 heterocycles. The molecule has 25 heavy (non-hydrogen) atoms. The molecule has 0 saturated carbocycles. The van der Waals surface area contributed by atoms with Gasteiger partial charge < -0.3 is 9.47 Å². The molecular weight excluding hydrogens is 338 g/mol. The lowest BCUT2D eigenvalue weighted by molar-refractivity contribution is 0.0636. The third-order valence-corrected chi connectivity index (χ3v) is 3.30. The van der Waals surface area contributed by atoms with E-state index in [1.807, 2.05) is 6.07 Å². The van der Waals surface area contributed by atoms with Crippen molar-refractivity contribution in [3.05, 3.63) is 65.7 Å². The summed E-state index contributed by atoms with van der Waals surface area (Å²) in [6, 6.07) is 15.4. The van der Waals surface area contributed by atoms with E-state index >= 15 is 0 Å². The normalized spacial score (nSPS) is 10.7. The third kappa shape index (κ3) is 5.69. The number of ether oxygens (including phenoxy) is 2. The molecule has 2 aromatic rings. The minimum absolute atomic E-state index is 0.0673. The number of esters is 1. The number of carbonyl (C=O) groups is 2. The lowest BCUT2D eigenvalue weighted by Gasteiger charge is -2.20. The molecule has 0 aliphatic heterocycles. The van der Waals surface area contributed by atoms with Gasteiger partial charge in [0.15, 0.2) is 0 Å². The molecule has 2 rings (SSSR count). The SMILES string of the molecule is CC(C)(C)OC(=O)Nc1ccccc1C(=O)OC(=S)c1ccccc1. The van der Waals surface area contributed by atoms with Crippen molar-refractivity contribution < 1.29 is 19.1 Å². The van der Waals surface area contributed by atoms with Crippen molar-refractivity contribution >= 4 is 35.0 Å². The summed E-state index contributed by atoms with van der Waals surface area (Å²) in [6.45, 7) is 5.27. The van der Waals surface area contributed by atoms with Crippen molar-refractivity contribution in [2.45, 2.75) is 26.4 Å². The number of anilines is 1. The van der Waals surface area contributed by atoms with Crippen LogP contribution in [0.4, 0.5) is 10.5 Å². The number of thiocarbonyl (C=S) groups is 1. The van der Waals surface area contributed by atoms with Crippen LogP contribution in [0.2, 0.25) is 0 Å². The summed E-state index contributed by atoms with van der Waals surface area (Å²) in [6.07, 6.45) is -0.654. The standard InChI is InChI=1S/C19H19NO4S/c1-19(2,3)24-18(22)20-15-12-8-7-11-14(15)16(21)23-17(25)13-9-5-4-6-10-13/h4-12H,1-3H3,(H,20,22). The van der Waals surface area contributed by atoms with Crippen LogP contribution >= 0.6 is 12.2 Å². The maximum atomic E-state index is 12.4. The number of nitrogens with one attached hydrogen (secondary N) is 1. The van der Waals surface area contributed by atoms with Crippen LogP contribution in [-0.4, -0.2) is 22.7 Å². The number of amides is 1. The molecule has 1 amide bonds. The number of hydrogen-bond donors (Lipinski definition) is 1. The van der Waals surface area contributed by atoms with Crippen molar-refractivity contribution in [1.29, 1.82) is 0 Å². The Morgan fingerprint density at radius 3 is 2.20 bits per heavy atom. The van der Waals surface area contributed by atoms with Gasteiger partial charge in [-0.15, -0.1) is 0 Å². The molecule has 0 saturated heterocycles. The van der Waals surface area contributed by atoms with Crippen LogP contribution in [0.15, 0.2) is 54.6 Å². The summed E-state index contributed by atoms with van der Waals surface area (Å²) in [5.74, 6) is -0.652. The molecule has 0 aromatic heterocycles. The number of carbonyl (C=O) groups excluding carboxylic acids is 2. The molecular formula is C19H19NO4S. The fourth-order valence-corrected chi connectivity index (χ4v) is 2.17. The molecule has 0 aliphatic carbocycles. The average molecular weight is 357 g/mol. The minimum atomic E-state index is -0.654. The van der Waals surface area contributed by atoms with Gasteiger partial charge in [0.2, 0.25) is 5.05 Å². The van der Waals surface area contributed by atoms with Crippen LogP contribution in [0.25, 0.3) is 0 Å². The Balaban J connectivity index is 2.12. The Kier molecular flexibility index (Phi) is 5.88. The zero-order chi connectivity index (χ0) is 18.4. The van der Waals surface area contributed by atoms with Gasteiger partial charge in [0.1, 0.15) is 5.60 Å². The molecule has 2 aromatic carbocycles. The van der Waals surface area contributed by atoms with E-state index in [1.165, 1.54) is 0 Å². The fourth-order valence-electron chi connectivity index (χ4n) is 1.96. The van der Waals surface area contributed by atoms with Gasteiger partial charge in [0, 0.05) is 5.56 Å². The second-order valence-electron chi connectivity index (χ2n) is 6.22. The van der Waals surface area contributed by atoms with Crippen LogP contribution in [-0.2, 0) is 9.47 Å². The van der Waals surface area contributed by atoms with Crippen molar-refractivity contribution in [2.75, 3.05) is 5.32 Å². The van der Waals surface area contributed by atoms with E-state index in [0.717, 1.165) is 0 Å². The largest absolute Gasteiger partial charge is 0.444 e. The summed E-state index contributed by atoms with van der Waals surface area (Å²) >= 11 is 5.14. The van der Waals surface area contributed by atoms with Gasteiger partial charge in [-0.25, -0.2) is 9.59 Å². The Bertz CT molecular complexity index is 782. The minimum Gasteiger partial charge on any atom is -0.444 e. The van der Waals surface area contributed by atoms with E-state index in [4.69, 9.17) is 21.7 Å². The Morgan fingerprint density at radius 2 is 1.56 bits per heavy atom. The van der Waals surface area contributed by atoms with Crippen LogP contribution in [0.1, 0.15) is 36.7 Å². The van der Waals surface area contributed by atoms with Gasteiger partial charge in [-0.3, -0.25) is 5.32 Å². The summed E-state index contributed by atoms with van der Waals surface area (Å²) in [7, 11) is 0. The van der Waals surface area contributed by atoms with Crippen molar-refractivity contribution in [3.63, 3.8) is 0 Å². The Hall–Kier alpha value is -2.73. The average Bonchev–Trinajstić information content (AvgIpc) is 2.54. The highest BCUT2D eigenvalue weighted by molar-refractivity contribution is 7.80. The molecule has 1 N–H and O–H groups in total. The van der Waals surface area contributed by atoms with Gasteiger partial charge in [-0.1, -0.05) is 42.5 Å². The zero-order valence-corrected chi connectivity index (χ0v) is 15.1. The lowest BCUT2D eigenvalue weighted by Crippen LogP contribution is -2.28. The van der Waals surface area contributed by atoms with Crippen LogP contribution < -0.4 is 5.32 Å². The Labute approximate surface area is 152 Å². The molecule has 0 spiro atoms. The highest BCUT2D eigenvalue weighted by Crippen LogP contribution is 2.19. The highest BCUT2D eigenvalue weighted by atomic mass is 32.1. The number of benzene rings is 2. The molecule has 0 aliphatic rings. The van der Waals surface area contributed by atoms with Gasteiger partial charge in [0.05, 0.1) is 11.3 Å².